The van der Waals surface area contributed by atoms with Crippen molar-refractivity contribution in [2.75, 3.05) is 25.6 Å². The minimum absolute atomic E-state index is 0.0113. The molecule has 46 heavy (non-hydrogen) atoms. The first-order valence-electron chi connectivity index (χ1n) is 15.5. The molecular formula is C28H45FN7O9P. The van der Waals surface area contributed by atoms with E-state index >= 15 is 4.39 Å². The molecule has 4 rings (SSSR count). The predicted molar refractivity (Wildman–Crippen MR) is 164 cm³/mol. The summed E-state index contributed by atoms with van der Waals surface area (Å²) in [4.78, 5) is 48.5. The maximum Gasteiger partial charge on any atom is 0.342 e. The topological polar surface area (TPSA) is 222 Å². The number of nitrogens with two attached hydrogens (primary N) is 1. The van der Waals surface area contributed by atoms with Crippen molar-refractivity contribution >= 4 is 36.7 Å². The third kappa shape index (κ3) is 7.60. The number of nitrogen functional groups attached to an aromatic ring is 1. The first kappa shape index (κ1) is 35.9. The first-order valence-corrected chi connectivity index (χ1v) is 17.1. The molecule has 1 aliphatic heterocycles. The minimum atomic E-state index is -4.32. The smallest absolute Gasteiger partial charge is 0.342 e. The molecule has 3 heterocycles. The van der Waals surface area contributed by atoms with Crippen LogP contribution in [0.3, 0.4) is 0 Å². The SMILES string of the molecule is CCOC(=O)[C@H](CC(C)C)NP(=O)(N[C@@H](CC(C)C)C(=O)OCC)OC[C@H]1O[C@H]2C(n3cnc4c(=O)[nH]c(N)nc43)CC2(F)C1O. The van der Waals surface area contributed by atoms with Crippen LogP contribution in [0.25, 0.3) is 11.2 Å². The highest BCUT2D eigenvalue weighted by Crippen LogP contribution is 2.55. The van der Waals surface area contributed by atoms with Crippen LogP contribution in [0, 0.1) is 11.8 Å². The standard InChI is InChI=1S/C28H45FN7O9P/c1-7-42-25(39)16(9-14(3)4)34-46(41,35-17(10-15(5)6)26(40)43-8-2)44-12-19-21(37)28(29)11-18(22(28)45-19)36-13-31-20-23(36)32-27(30)33-24(20)38/h13-19,21-22,37H,7-12H2,1-6H3,(H2,34,35,41)(H3,30,32,33,38)/t16-,17-,18?,19+,21?,22-,28?/m0/s1. The summed E-state index contributed by atoms with van der Waals surface area (Å²) in [6, 6.07) is -2.86. The molecule has 2 fully saturated rings. The number of fused-ring (bicyclic) bond motifs is 2. The Balaban J connectivity index is 1.57. The number of nitrogens with zero attached hydrogens (tertiary/aromatic N) is 3. The fourth-order valence-electron chi connectivity index (χ4n) is 5.86. The number of hydrogen-bond acceptors (Lipinski definition) is 12. The summed E-state index contributed by atoms with van der Waals surface area (Å²) in [5, 5.41) is 16.5. The van der Waals surface area contributed by atoms with E-state index in [4.69, 9.17) is 24.5 Å². The zero-order valence-electron chi connectivity index (χ0n) is 26.9. The van der Waals surface area contributed by atoms with Crippen LogP contribution in [0.15, 0.2) is 11.1 Å². The number of aliphatic hydroxyl groups excluding tert-OH is 1. The van der Waals surface area contributed by atoms with Gasteiger partial charge in [0.05, 0.1) is 32.2 Å². The van der Waals surface area contributed by atoms with Gasteiger partial charge in [-0.2, -0.15) is 4.98 Å². The van der Waals surface area contributed by atoms with Gasteiger partial charge in [-0.05, 0) is 38.5 Å². The number of ether oxygens (including phenoxy) is 3. The van der Waals surface area contributed by atoms with Gasteiger partial charge in [0.15, 0.2) is 16.8 Å². The summed E-state index contributed by atoms with van der Waals surface area (Å²) in [6.07, 6.45) is -2.56. The molecule has 1 saturated heterocycles. The molecule has 0 bridgehead atoms. The van der Waals surface area contributed by atoms with E-state index in [1.165, 1.54) is 10.9 Å². The highest BCUT2D eigenvalue weighted by molar-refractivity contribution is 7.54. The molecule has 0 amide bonds. The molecule has 1 saturated carbocycles. The number of hydrogen-bond donors (Lipinski definition) is 5. The van der Waals surface area contributed by atoms with Gasteiger partial charge in [0, 0.05) is 6.42 Å². The Kier molecular flexibility index (Phi) is 11.3. The lowest BCUT2D eigenvalue weighted by Gasteiger charge is -2.45. The van der Waals surface area contributed by atoms with E-state index in [1.54, 1.807) is 13.8 Å². The van der Waals surface area contributed by atoms with E-state index in [-0.39, 0.29) is 61.4 Å². The monoisotopic (exact) mass is 673 g/mol. The number of esters is 2. The molecule has 1 aliphatic carbocycles. The lowest BCUT2D eigenvalue weighted by atomic mass is 9.71. The van der Waals surface area contributed by atoms with Crippen molar-refractivity contribution in [2.45, 2.75) is 103 Å². The Bertz CT molecular complexity index is 1470. The molecule has 7 atom stereocenters. The van der Waals surface area contributed by atoms with Crippen LogP contribution in [0.1, 0.15) is 66.8 Å². The summed E-state index contributed by atoms with van der Waals surface area (Å²) in [5.41, 5.74) is 3.09. The second kappa shape index (κ2) is 14.4. The van der Waals surface area contributed by atoms with Crippen molar-refractivity contribution in [1.29, 1.82) is 0 Å². The van der Waals surface area contributed by atoms with E-state index < -0.39 is 73.9 Å². The number of nitrogens with one attached hydrogen (secondary N) is 3. The van der Waals surface area contributed by atoms with Gasteiger partial charge in [-0.1, -0.05) is 27.7 Å². The van der Waals surface area contributed by atoms with Crippen molar-refractivity contribution in [3.8, 4) is 0 Å². The van der Waals surface area contributed by atoms with Crippen LogP contribution >= 0.6 is 7.67 Å². The van der Waals surface area contributed by atoms with Gasteiger partial charge >= 0.3 is 19.6 Å². The number of H-pyrrole nitrogens is 1. The molecule has 16 nitrogen and oxygen atoms in total. The summed E-state index contributed by atoms with van der Waals surface area (Å²) >= 11 is 0. The number of aliphatic hydroxyl groups is 1. The molecule has 18 heteroatoms. The first-order chi connectivity index (χ1) is 21.6. The van der Waals surface area contributed by atoms with Crippen molar-refractivity contribution in [2.24, 2.45) is 11.8 Å². The van der Waals surface area contributed by atoms with Gasteiger partial charge in [-0.15, -0.1) is 0 Å². The Morgan fingerprint density at radius 1 is 1.17 bits per heavy atom. The molecule has 6 N–H and O–H groups in total. The predicted octanol–water partition coefficient (Wildman–Crippen LogP) is 1.74. The van der Waals surface area contributed by atoms with Gasteiger partial charge in [0.25, 0.3) is 5.56 Å². The zero-order chi connectivity index (χ0) is 34.0. The highest BCUT2D eigenvalue weighted by Gasteiger charge is 2.68. The molecule has 2 aromatic rings. The lowest BCUT2D eigenvalue weighted by Crippen LogP contribution is -2.58. The number of imidazole rings is 1. The second-order valence-electron chi connectivity index (χ2n) is 12.5. The fourth-order valence-corrected chi connectivity index (χ4v) is 7.68. The normalized spacial score (nSPS) is 25.8. The van der Waals surface area contributed by atoms with Crippen LogP contribution in [0.4, 0.5) is 10.3 Å². The number of rotatable bonds is 16. The van der Waals surface area contributed by atoms with Crippen molar-refractivity contribution in [1.82, 2.24) is 29.7 Å². The zero-order valence-corrected chi connectivity index (χ0v) is 27.8. The van der Waals surface area contributed by atoms with E-state index in [2.05, 4.69) is 25.1 Å². The summed E-state index contributed by atoms with van der Waals surface area (Å²) in [5.74, 6) is -1.52. The van der Waals surface area contributed by atoms with Gasteiger partial charge in [0.2, 0.25) is 5.95 Å². The number of halogens is 1. The van der Waals surface area contributed by atoms with Crippen LogP contribution in [0.2, 0.25) is 0 Å². The Morgan fingerprint density at radius 3 is 2.26 bits per heavy atom. The number of anilines is 1. The average molecular weight is 674 g/mol. The molecular weight excluding hydrogens is 628 g/mol. The third-order valence-corrected chi connectivity index (χ3v) is 9.76. The maximum absolute atomic E-state index is 16.0. The number of alkyl halides is 1. The van der Waals surface area contributed by atoms with Crippen LogP contribution in [0.5, 0.6) is 0 Å². The summed E-state index contributed by atoms with van der Waals surface area (Å²) in [6.45, 7) is 10.3. The van der Waals surface area contributed by atoms with Crippen LogP contribution in [-0.2, 0) is 32.9 Å². The van der Waals surface area contributed by atoms with Crippen molar-refractivity contribution in [3.63, 3.8) is 0 Å². The van der Waals surface area contributed by atoms with Crippen LogP contribution < -0.4 is 21.5 Å². The minimum Gasteiger partial charge on any atom is -0.465 e. The summed E-state index contributed by atoms with van der Waals surface area (Å²) in [7, 11) is -4.32. The lowest BCUT2D eigenvalue weighted by molar-refractivity contribution is -0.146. The number of carbonyl (C=O) groups excluding carboxylic acids is 2. The number of aromatic amines is 1. The molecule has 3 unspecified atom stereocenters. The van der Waals surface area contributed by atoms with E-state index in [1.807, 2.05) is 27.7 Å². The third-order valence-electron chi connectivity index (χ3n) is 7.95. The fraction of sp³-hybridized carbons (Fsp3) is 0.750. The maximum atomic E-state index is 16.0. The summed E-state index contributed by atoms with van der Waals surface area (Å²) < 4.78 is 54.1. The Labute approximate surface area is 265 Å². The van der Waals surface area contributed by atoms with Crippen LogP contribution in [-0.4, -0.2) is 92.4 Å². The van der Waals surface area contributed by atoms with Gasteiger partial charge in [-0.25, -0.2) is 19.5 Å². The van der Waals surface area contributed by atoms with Crippen molar-refractivity contribution < 1.29 is 42.4 Å². The number of aromatic nitrogens is 4. The largest absolute Gasteiger partial charge is 0.465 e. The van der Waals surface area contributed by atoms with Gasteiger partial charge < -0.3 is 34.1 Å². The van der Waals surface area contributed by atoms with Gasteiger partial charge in [0.1, 0.15) is 30.4 Å². The molecule has 0 aromatic carbocycles. The van der Waals surface area contributed by atoms with E-state index in [0.717, 1.165) is 0 Å². The van der Waals surface area contributed by atoms with E-state index in [0.29, 0.717) is 0 Å². The molecule has 2 aliphatic rings. The van der Waals surface area contributed by atoms with E-state index in [9.17, 15) is 24.1 Å². The molecule has 0 radical (unpaired) electrons. The quantitative estimate of drug-likeness (QED) is 0.127. The molecule has 0 spiro atoms. The molecule has 2 aromatic heterocycles. The second-order valence-corrected chi connectivity index (χ2v) is 14.4. The Morgan fingerprint density at radius 2 is 1.74 bits per heavy atom. The average Bonchev–Trinajstić information content (AvgIpc) is 3.45. The van der Waals surface area contributed by atoms with Crippen molar-refractivity contribution in [3.05, 3.63) is 16.7 Å². The molecule has 258 valence electrons. The number of carbonyl (C=O) groups is 2. The Hall–Kier alpha value is -2.95. The van der Waals surface area contributed by atoms with Gasteiger partial charge in [-0.3, -0.25) is 23.9 Å². The highest BCUT2D eigenvalue weighted by atomic mass is 31.2.